The van der Waals surface area contributed by atoms with Crippen LogP contribution in [-0.4, -0.2) is 45.2 Å². The molecule has 1 aromatic rings. The number of hydrogen-bond donors (Lipinski definition) is 1. The van der Waals surface area contributed by atoms with Crippen molar-refractivity contribution in [3.8, 4) is 0 Å². The van der Waals surface area contributed by atoms with Gasteiger partial charge in [0.15, 0.2) is 0 Å². The van der Waals surface area contributed by atoms with E-state index in [-0.39, 0.29) is 29.9 Å². The Morgan fingerprint density at radius 2 is 1.96 bits per heavy atom. The summed E-state index contributed by atoms with van der Waals surface area (Å²) in [4.78, 5) is 23.6. The summed E-state index contributed by atoms with van der Waals surface area (Å²) in [6.07, 6.45) is 0.0894. The number of rotatable bonds is 6. The van der Waals surface area contributed by atoms with Gasteiger partial charge in [-0.1, -0.05) is 0 Å². The molecule has 0 atom stereocenters. The molecule has 7 nitrogen and oxygen atoms in total. The van der Waals surface area contributed by atoms with Gasteiger partial charge < -0.3 is 10.1 Å². The second-order valence-corrected chi connectivity index (χ2v) is 7.38. The fourth-order valence-electron chi connectivity index (χ4n) is 2.18. The van der Waals surface area contributed by atoms with Crippen LogP contribution >= 0.6 is 0 Å². The molecule has 1 aliphatic rings. The van der Waals surface area contributed by atoms with Crippen LogP contribution in [-0.2, 0) is 19.6 Å². The Kier molecular flexibility index (Phi) is 5.38. The number of nitrogens with zero attached hydrogens (tertiary/aromatic N) is 1. The fourth-order valence-corrected chi connectivity index (χ4v) is 3.64. The van der Waals surface area contributed by atoms with Crippen molar-refractivity contribution in [2.45, 2.75) is 26.4 Å². The molecule has 0 aromatic heterocycles. The van der Waals surface area contributed by atoms with Crippen LogP contribution in [0.25, 0.3) is 0 Å². The predicted octanol–water partition coefficient (Wildman–Crippen LogP) is 0.908. The highest BCUT2D eigenvalue weighted by atomic mass is 32.2. The summed E-state index contributed by atoms with van der Waals surface area (Å²) in [5.74, 6) is -0.906. The van der Waals surface area contributed by atoms with Crippen molar-refractivity contribution in [1.82, 2.24) is 5.32 Å². The van der Waals surface area contributed by atoms with E-state index in [1.165, 1.54) is 24.3 Å². The van der Waals surface area contributed by atoms with Gasteiger partial charge in [0, 0.05) is 18.5 Å². The molecule has 0 radical (unpaired) electrons. The molecule has 1 heterocycles. The summed E-state index contributed by atoms with van der Waals surface area (Å²) in [5.41, 5.74) is 0.648. The number of hydrogen-bond acceptors (Lipinski definition) is 5. The van der Waals surface area contributed by atoms with Gasteiger partial charge in [-0.25, -0.2) is 12.7 Å². The van der Waals surface area contributed by atoms with Crippen LogP contribution < -0.4 is 9.62 Å². The number of nitrogens with one attached hydrogen (secondary N) is 1. The topological polar surface area (TPSA) is 92.8 Å². The molecule has 1 aliphatic heterocycles. The van der Waals surface area contributed by atoms with Crippen LogP contribution in [0.4, 0.5) is 5.69 Å². The van der Waals surface area contributed by atoms with Crippen molar-refractivity contribution >= 4 is 27.5 Å². The highest BCUT2D eigenvalue weighted by molar-refractivity contribution is 7.94. The van der Waals surface area contributed by atoms with Crippen molar-refractivity contribution < 1.29 is 22.7 Å². The maximum absolute atomic E-state index is 11.9. The Hall–Kier alpha value is -1.93. The van der Waals surface area contributed by atoms with Crippen LogP contribution in [0.1, 0.15) is 30.6 Å². The minimum atomic E-state index is -3.58. The Balaban J connectivity index is 1.99. The molecular weight excluding hydrogens is 320 g/mol. The second-order valence-electron chi connectivity index (χ2n) is 5.45. The maximum atomic E-state index is 11.9. The van der Waals surface area contributed by atoms with Gasteiger partial charge >= 0.3 is 0 Å². The summed E-state index contributed by atoms with van der Waals surface area (Å²) in [6.45, 7) is 4.63. The highest BCUT2D eigenvalue weighted by Gasteiger charge is 2.36. The van der Waals surface area contributed by atoms with Crippen molar-refractivity contribution in [1.29, 1.82) is 0 Å². The number of anilines is 1. The summed E-state index contributed by atoms with van der Waals surface area (Å²) >= 11 is 0. The summed E-state index contributed by atoms with van der Waals surface area (Å²) in [6, 6.07) is 5.91. The quantitative estimate of drug-likeness (QED) is 0.777. The van der Waals surface area contributed by atoms with E-state index in [1.807, 2.05) is 13.8 Å². The molecule has 1 fully saturated rings. The van der Waals surface area contributed by atoms with Crippen LogP contribution in [0.5, 0.6) is 0 Å². The molecule has 0 unspecified atom stereocenters. The van der Waals surface area contributed by atoms with Gasteiger partial charge in [0.05, 0.1) is 24.2 Å². The van der Waals surface area contributed by atoms with Crippen LogP contribution in [0, 0.1) is 0 Å². The lowest BCUT2D eigenvalue weighted by molar-refractivity contribution is -0.116. The molecule has 0 aliphatic carbocycles. The van der Waals surface area contributed by atoms with Crippen LogP contribution in [0.15, 0.2) is 24.3 Å². The number of carbonyl (C=O) groups excluding carboxylic acids is 2. The van der Waals surface area contributed by atoms with Gasteiger partial charge in [-0.15, -0.1) is 0 Å². The largest absolute Gasteiger partial charge is 0.377 e. The van der Waals surface area contributed by atoms with E-state index in [0.29, 0.717) is 18.7 Å². The minimum Gasteiger partial charge on any atom is -0.377 e. The van der Waals surface area contributed by atoms with Crippen molar-refractivity contribution in [2.75, 3.05) is 23.2 Å². The Bertz CT molecular complexity index is 682. The van der Waals surface area contributed by atoms with E-state index >= 15 is 0 Å². The van der Waals surface area contributed by atoms with Gasteiger partial charge in [0.2, 0.25) is 15.9 Å². The molecule has 2 rings (SSSR count). The Labute approximate surface area is 135 Å². The summed E-state index contributed by atoms with van der Waals surface area (Å²) < 4.78 is 29.8. The third kappa shape index (κ3) is 4.29. The lowest BCUT2D eigenvalue weighted by Gasteiger charge is -2.15. The number of amides is 2. The fraction of sp³-hybridized carbons (Fsp3) is 0.467. The molecule has 1 saturated heterocycles. The van der Waals surface area contributed by atoms with Gasteiger partial charge in [-0.05, 0) is 38.1 Å². The smallest absolute Gasteiger partial charge is 0.251 e. The molecule has 8 heteroatoms. The van der Waals surface area contributed by atoms with E-state index < -0.39 is 15.9 Å². The first kappa shape index (κ1) is 17.4. The zero-order valence-corrected chi connectivity index (χ0v) is 13.9. The SMILES string of the molecule is CC(C)OCCNC(=O)c1ccc(N2C(=O)CCS2(=O)=O)cc1. The van der Waals surface area contributed by atoms with Crippen molar-refractivity contribution in [2.24, 2.45) is 0 Å². The molecule has 0 spiro atoms. The van der Waals surface area contributed by atoms with Gasteiger partial charge in [0.1, 0.15) is 0 Å². The first-order valence-electron chi connectivity index (χ1n) is 7.37. The van der Waals surface area contributed by atoms with Gasteiger partial charge in [-0.3, -0.25) is 9.59 Å². The number of carbonyl (C=O) groups is 2. The normalized spacial score (nSPS) is 16.8. The molecule has 0 bridgehead atoms. The standard InChI is InChI=1S/C15H20N2O5S/c1-11(2)22-9-8-16-15(19)12-3-5-13(6-4-12)17-14(18)7-10-23(17,20)21/h3-6,11H,7-10H2,1-2H3,(H,16,19). The third-order valence-electron chi connectivity index (χ3n) is 3.28. The summed E-state index contributed by atoms with van der Waals surface area (Å²) in [5, 5.41) is 2.71. The Morgan fingerprint density at radius 1 is 1.30 bits per heavy atom. The molecule has 23 heavy (non-hydrogen) atoms. The van der Waals surface area contributed by atoms with E-state index in [2.05, 4.69) is 5.32 Å². The van der Waals surface area contributed by atoms with Crippen molar-refractivity contribution in [3.05, 3.63) is 29.8 Å². The molecule has 2 amide bonds. The molecule has 1 N–H and O–H groups in total. The van der Waals surface area contributed by atoms with E-state index in [1.54, 1.807) is 0 Å². The molecular formula is C15H20N2O5S. The second kappa shape index (κ2) is 7.10. The minimum absolute atomic E-state index is 0.0135. The molecule has 126 valence electrons. The maximum Gasteiger partial charge on any atom is 0.251 e. The third-order valence-corrected chi connectivity index (χ3v) is 4.97. The zero-order valence-electron chi connectivity index (χ0n) is 13.1. The van der Waals surface area contributed by atoms with Crippen molar-refractivity contribution in [3.63, 3.8) is 0 Å². The first-order valence-corrected chi connectivity index (χ1v) is 8.98. The predicted molar refractivity (Wildman–Crippen MR) is 85.8 cm³/mol. The van der Waals surface area contributed by atoms with Crippen LogP contribution in [0.3, 0.4) is 0 Å². The lowest BCUT2D eigenvalue weighted by atomic mass is 10.2. The summed E-state index contributed by atoms with van der Waals surface area (Å²) in [7, 11) is -3.58. The average Bonchev–Trinajstić information content (AvgIpc) is 2.77. The highest BCUT2D eigenvalue weighted by Crippen LogP contribution is 2.25. The molecule has 0 saturated carbocycles. The monoisotopic (exact) mass is 340 g/mol. The Morgan fingerprint density at radius 3 is 2.48 bits per heavy atom. The van der Waals surface area contributed by atoms with E-state index in [9.17, 15) is 18.0 Å². The van der Waals surface area contributed by atoms with E-state index in [0.717, 1.165) is 4.31 Å². The van der Waals surface area contributed by atoms with E-state index in [4.69, 9.17) is 4.74 Å². The average molecular weight is 340 g/mol. The van der Waals surface area contributed by atoms with Gasteiger partial charge in [-0.2, -0.15) is 0 Å². The lowest BCUT2D eigenvalue weighted by Crippen LogP contribution is -2.30. The zero-order chi connectivity index (χ0) is 17.0. The van der Waals surface area contributed by atoms with Crippen LogP contribution in [0.2, 0.25) is 0 Å². The first-order chi connectivity index (χ1) is 10.8. The number of sulfonamides is 1. The van der Waals surface area contributed by atoms with Gasteiger partial charge in [0.25, 0.3) is 5.91 Å². The number of ether oxygens (including phenoxy) is 1. The molecule has 1 aromatic carbocycles. The number of benzene rings is 1.